The van der Waals surface area contributed by atoms with E-state index in [0.29, 0.717) is 5.69 Å². The predicted molar refractivity (Wildman–Crippen MR) is 68.4 cm³/mol. The normalized spacial score (nSPS) is 17.0. The van der Waals surface area contributed by atoms with Crippen LogP contribution in [0.4, 0.5) is 0 Å². The highest BCUT2D eigenvalue weighted by Gasteiger charge is 2.25. The largest absolute Gasteiger partial charge is 0.354 e. The molecule has 0 radical (unpaired) electrons. The smallest absolute Gasteiger partial charge is 0.267 e. The molecule has 1 aliphatic carbocycles. The van der Waals surface area contributed by atoms with Gasteiger partial charge in [-0.25, -0.2) is 8.42 Å². The molecule has 1 aliphatic rings. The zero-order chi connectivity index (χ0) is 13.3. The summed E-state index contributed by atoms with van der Waals surface area (Å²) in [5, 5.41) is 2.51. The Labute approximate surface area is 111 Å². The highest BCUT2D eigenvalue weighted by atomic mass is 35.7. The van der Waals surface area contributed by atoms with Crippen molar-refractivity contribution >= 4 is 25.6 Å². The minimum Gasteiger partial charge on any atom is -0.354 e. The van der Waals surface area contributed by atoms with Crippen LogP contribution >= 0.6 is 10.7 Å². The van der Waals surface area contributed by atoms with Crippen molar-refractivity contribution in [3.63, 3.8) is 0 Å². The van der Waals surface area contributed by atoms with E-state index in [1.165, 1.54) is 19.3 Å². The SMILES string of the molecule is CNC(=O)c1cc(S(=O)(=O)Cl)cn1C1CCCC1. The van der Waals surface area contributed by atoms with E-state index >= 15 is 0 Å². The van der Waals surface area contributed by atoms with Crippen molar-refractivity contribution in [2.45, 2.75) is 36.6 Å². The number of hydrogen-bond acceptors (Lipinski definition) is 3. The molecule has 0 aliphatic heterocycles. The van der Waals surface area contributed by atoms with Gasteiger partial charge in [-0.1, -0.05) is 12.8 Å². The number of amides is 1. The third kappa shape index (κ3) is 2.54. The summed E-state index contributed by atoms with van der Waals surface area (Å²) in [6.45, 7) is 0. The van der Waals surface area contributed by atoms with Gasteiger partial charge < -0.3 is 9.88 Å². The molecular weight excluding hydrogens is 276 g/mol. The molecule has 1 amide bonds. The van der Waals surface area contributed by atoms with E-state index in [-0.39, 0.29) is 16.8 Å². The molecule has 0 bridgehead atoms. The zero-order valence-corrected chi connectivity index (χ0v) is 11.6. The van der Waals surface area contributed by atoms with Crippen LogP contribution in [0.25, 0.3) is 0 Å². The maximum Gasteiger partial charge on any atom is 0.267 e. The Hall–Kier alpha value is -1.01. The van der Waals surface area contributed by atoms with E-state index in [1.807, 2.05) is 0 Å². The van der Waals surface area contributed by atoms with Crippen LogP contribution in [-0.4, -0.2) is 25.9 Å². The Morgan fingerprint density at radius 2 is 2.06 bits per heavy atom. The summed E-state index contributed by atoms with van der Waals surface area (Å²) in [6, 6.07) is 1.52. The molecule has 1 saturated carbocycles. The highest BCUT2D eigenvalue weighted by molar-refractivity contribution is 8.13. The van der Waals surface area contributed by atoms with Crippen LogP contribution in [0.3, 0.4) is 0 Å². The second-order valence-corrected chi connectivity index (χ2v) is 6.99. The summed E-state index contributed by atoms with van der Waals surface area (Å²) in [5.41, 5.74) is 0.351. The molecule has 100 valence electrons. The molecule has 2 rings (SSSR count). The molecule has 0 saturated heterocycles. The Bertz CT molecular complexity index is 559. The summed E-state index contributed by atoms with van der Waals surface area (Å²) < 4.78 is 24.4. The van der Waals surface area contributed by atoms with Gasteiger partial charge in [-0.2, -0.15) is 0 Å². The molecule has 1 fully saturated rings. The first-order valence-electron chi connectivity index (χ1n) is 5.82. The van der Waals surface area contributed by atoms with Crippen molar-refractivity contribution in [1.82, 2.24) is 9.88 Å². The van der Waals surface area contributed by atoms with Gasteiger partial charge in [-0.15, -0.1) is 0 Å². The summed E-state index contributed by atoms with van der Waals surface area (Å²) >= 11 is 0. The Morgan fingerprint density at radius 1 is 1.44 bits per heavy atom. The lowest BCUT2D eigenvalue weighted by molar-refractivity contribution is 0.0951. The van der Waals surface area contributed by atoms with Crippen LogP contribution in [-0.2, 0) is 9.05 Å². The number of halogens is 1. The van der Waals surface area contributed by atoms with Gasteiger partial charge in [0.2, 0.25) is 0 Å². The van der Waals surface area contributed by atoms with Gasteiger partial charge in [0.1, 0.15) is 10.6 Å². The van der Waals surface area contributed by atoms with E-state index in [9.17, 15) is 13.2 Å². The molecule has 5 nitrogen and oxygen atoms in total. The van der Waals surface area contributed by atoms with Gasteiger partial charge in [0, 0.05) is 30.0 Å². The molecule has 7 heteroatoms. The standard InChI is InChI=1S/C11H15ClN2O3S/c1-13-11(15)10-6-9(18(12,16)17)7-14(10)8-4-2-3-5-8/h6-8H,2-5H2,1H3,(H,13,15). The summed E-state index contributed by atoms with van der Waals surface area (Å²) in [7, 11) is 3.04. The van der Waals surface area contributed by atoms with Gasteiger partial charge in [0.15, 0.2) is 0 Å². The van der Waals surface area contributed by atoms with Crippen LogP contribution in [0.2, 0.25) is 0 Å². The minimum atomic E-state index is -3.80. The van der Waals surface area contributed by atoms with Crippen LogP contribution in [0.15, 0.2) is 17.2 Å². The van der Waals surface area contributed by atoms with Crippen molar-refractivity contribution in [2.75, 3.05) is 7.05 Å². The van der Waals surface area contributed by atoms with E-state index in [2.05, 4.69) is 5.32 Å². The third-order valence-corrected chi connectivity index (χ3v) is 4.60. The minimum absolute atomic E-state index is 0.0188. The molecule has 1 aromatic rings. The zero-order valence-electron chi connectivity index (χ0n) is 10.0. The Kier molecular flexibility index (Phi) is 3.68. The number of carbonyl (C=O) groups excluding carboxylic acids is 1. The first-order chi connectivity index (χ1) is 8.43. The number of nitrogens with zero attached hydrogens (tertiary/aromatic N) is 1. The van der Waals surface area contributed by atoms with Crippen molar-refractivity contribution in [1.29, 1.82) is 0 Å². The van der Waals surface area contributed by atoms with Crippen LogP contribution in [0.1, 0.15) is 42.2 Å². The number of aromatic nitrogens is 1. The monoisotopic (exact) mass is 290 g/mol. The number of hydrogen-bond donors (Lipinski definition) is 1. The molecule has 1 aromatic heterocycles. The van der Waals surface area contributed by atoms with Crippen molar-refractivity contribution in [3.8, 4) is 0 Å². The number of carbonyl (C=O) groups is 1. The molecule has 0 spiro atoms. The maximum atomic E-state index is 11.8. The van der Waals surface area contributed by atoms with Crippen molar-refractivity contribution < 1.29 is 13.2 Å². The van der Waals surface area contributed by atoms with Crippen LogP contribution in [0, 0.1) is 0 Å². The second-order valence-electron chi connectivity index (χ2n) is 4.42. The quantitative estimate of drug-likeness (QED) is 0.865. The van der Waals surface area contributed by atoms with Gasteiger partial charge in [0.25, 0.3) is 15.0 Å². The fourth-order valence-electron chi connectivity index (χ4n) is 2.38. The number of nitrogens with one attached hydrogen (secondary N) is 1. The van der Waals surface area contributed by atoms with Crippen LogP contribution in [0.5, 0.6) is 0 Å². The fourth-order valence-corrected chi connectivity index (χ4v) is 3.13. The second kappa shape index (κ2) is 4.93. The first kappa shape index (κ1) is 13.4. The van der Waals surface area contributed by atoms with Gasteiger partial charge >= 0.3 is 0 Å². The summed E-state index contributed by atoms with van der Waals surface area (Å²) in [5.74, 6) is -0.298. The van der Waals surface area contributed by atoms with E-state index in [1.54, 1.807) is 4.57 Å². The first-order valence-corrected chi connectivity index (χ1v) is 8.13. The van der Waals surface area contributed by atoms with Gasteiger partial charge in [-0.05, 0) is 18.9 Å². The Morgan fingerprint density at radius 3 is 2.56 bits per heavy atom. The fraction of sp³-hybridized carbons (Fsp3) is 0.545. The molecule has 0 atom stereocenters. The lowest BCUT2D eigenvalue weighted by Gasteiger charge is -2.14. The molecule has 0 unspecified atom stereocenters. The average molecular weight is 291 g/mol. The Balaban J connectivity index is 2.48. The van der Waals surface area contributed by atoms with Crippen molar-refractivity contribution in [3.05, 3.63) is 18.0 Å². The average Bonchev–Trinajstić information content (AvgIpc) is 2.94. The van der Waals surface area contributed by atoms with E-state index < -0.39 is 9.05 Å². The molecule has 1 heterocycles. The molecule has 0 aromatic carbocycles. The van der Waals surface area contributed by atoms with Crippen LogP contribution < -0.4 is 5.32 Å². The van der Waals surface area contributed by atoms with E-state index in [0.717, 1.165) is 25.7 Å². The molecule has 1 N–H and O–H groups in total. The van der Waals surface area contributed by atoms with Gasteiger partial charge in [0.05, 0.1) is 0 Å². The predicted octanol–water partition coefficient (Wildman–Crippen LogP) is 1.89. The van der Waals surface area contributed by atoms with Gasteiger partial charge in [-0.3, -0.25) is 4.79 Å². The summed E-state index contributed by atoms with van der Waals surface area (Å²) in [4.78, 5) is 11.7. The van der Waals surface area contributed by atoms with Crippen molar-refractivity contribution in [2.24, 2.45) is 0 Å². The maximum absolute atomic E-state index is 11.8. The lowest BCUT2D eigenvalue weighted by atomic mass is 10.2. The topological polar surface area (TPSA) is 68.2 Å². The highest BCUT2D eigenvalue weighted by Crippen LogP contribution is 2.32. The third-order valence-electron chi connectivity index (χ3n) is 3.28. The summed E-state index contributed by atoms with van der Waals surface area (Å²) in [6.07, 6.45) is 5.57. The van der Waals surface area contributed by atoms with E-state index in [4.69, 9.17) is 10.7 Å². The molecule has 18 heavy (non-hydrogen) atoms. The molecular formula is C11H15ClN2O3S. The lowest BCUT2D eigenvalue weighted by Crippen LogP contribution is -2.22. The number of rotatable bonds is 3.